The molecule has 110 valence electrons. The topological polar surface area (TPSA) is 15.3 Å². The van der Waals surface area contributed by atoms with Crippen molar-refractivity contribution in [1.82, 2.24) is 10.2 Å². The predicted octanol–water partition coefficient (Wildman–Crippen LogP) is 2.86. The third-order valence-corrected chi connectivity index (χ3v) is 5.34. The van der Waals surface area contributed by atoms with E-state index in [1.807, 2.05) is 0 Å². The van der Waals surface area contributed by atoms with Crippen molar-refractivity contribution in [3.63, 3.8) is 0 Å². The maximum atomic E-state index is 3.91. The summed E-state index contributed by atoms with van der Waals surface area (Å²) in [6.07, 6.45) is 5.16. The minimum Gasteiger partial charge on any atom is -0.311 e. The molecule has 2 aliphatic rings. The van der Waals surface area contributed by atoms with Crippen LogP contribution < -0.4 is 5.32 Å². The van der Waals surface area contributed by atoms with Crippen molar-refractivity contribution in [2.24, 2.45) is 5.92 Å². The lowest BCUT2D eigenvalue weighted by atomic mass is 9.89. The van der Waals surface area contributed by atoms with Crippen LogP contribution in [0.4, 0.5) is 0 Å². The molecule has 3 rings (SSSR count). The molecule has 0 radical (unpaired) electrons. The summed E-state index contributed by atoms with van der Waals surface area (Å²) in [5.41, 5.74) is 3.11. The second kappa shape index (κ2) is 6.28. The highest BCUT2D eigenvalue weighted by Crippen LogP contribution is 2.25. The van der Waals surface area contributed by atoms with E-state index in [2.05, 4.69) is 48.3 Å². The molecule has 0 bridgehead atoms. The van der Waals surface area contributed by atoms with Gasteiger partial charge in [0.1, 0.15) is 0 Å². The molecule has 2 nitrogen and oxygen atoms in total. The van der Waals surface area contributed by atoms with E-state index in [4.69, 9.17) is 0 Å². The molecule has 1 heterocycles. The molecule has 0 amide bonds. The van der Waals surface area contributed by atoms with Gasteiger partial charge in [-0.15, -0.1) is 0 Å². The van der Waals surface area contributed by atoms with Gasteiger partial charge in [0.2, 0.25) is 0 Å². The Labute approximate surface area is 123 Å². The Morgan fingerprint density at radius 2 is 1.75 bits per heavy atom. The Hall–Kier alpha value is -0.860. The maximum Gasteiger partial charge on any atom is 0.0151 e. The number of benzene rings is 1. The molecule has 0 aromatic heterocycles. The van der Waals surface area contributed by atoms with Crippen molar-refractivity contribution < 1.29 is 0 Å². The molecule has 0 spiro atoms. The summed E-state index contributed by atoms with van der Waals surface area (Å²) in [5, 5.41) is 3.91. The number of rotatable bonds is 4. The first-order valence-corrected chi connectivity index (χ1v) is 8.31. The molecule has 20 heavy (non-hydrogen) atoms. The number of fused-ring (bicyclic) bond motifs is 1. The lowest BCUT2D eigenvalue weighted by Gasteiger charge is -2.35. The van der Waals surface area contributed by atoms with Crippen LogP contribution in [0.5, 0.6) is 0 Å². The van der Waals surface area contributed by atoms with Gasteiger partial charge in [-0.1, -0.05) is 31.2 Å². The lowest BCUT2D eigenvalue weighted by Crippen LogP contribution is -2.45. The van der Waals surface area contributed by atoms with Gasteiger partial charge in [0, 0.05) is 12.1 Å². The molecule has 2 heteroatoms. The van der Waals surface area contributed by atoms with Gasteiger partial charge in [0.05, 0.1) is 0 Å². The quantitative estimate of drug-likeness (QED) is 0.906. The van der Waals surface area contributed by atoms with E-state index in [9.17, 15) is 0 Å². The molecule has 1 unspecified atom stereocenters. The second-order valence-electron chi connectivity index (χ2n) is 6.60. The van der Waals surface area contributed by atoms with Crippen LogP contribution in [-0.2, 0) is 12.8 Å². The van der Waals surface area contributed by atoms with Crippen molar-refractivity contribution in [2.45, 2.75) is 51.6 Å². The number of likely N-dealkylation sites (tertiary alicyclic amines) is 1. The van der Waals surface area contributed by atoms with Gasteiger partial charge < -0.3 is 10.2 Å². The van der Waals surface area contributed by atoms with Gasteiger partial charge in [-0.2, -0.15) is 0 Å². The normalized spacial score (nSPS) is 22.9. The van der Waals surface area contributed by atoms with Gasteiger partial charge in [-0.05, 0) is 69.3 Å². The molecular weight excluding hydrogens is 244 g/mol. The zero-order chi connectivity index (χ0) is 13.9. The zero-order valence-corrected chi connectivity index (χ0v) is 12.9. The number of piperidine rings is 1. The van der Waals surface area contributed by atoms with Crippen molar-refractivity contribution >= 4 is 0 Å². The molecule has 0 saturated carbocycles. The molecule has 1 aromatic carbocycles. The highest BCUT2D eigenvalue weighted by molar-refractivity contribution is 5.33. The van der Waals surface area contributed by atoms with Crippen molar-refractivity contribution in [1.29, 1.82) is 0 Å². The Morgan fingerprint density at radius 1 is 1.15 bits per heavy atom. The Bertz CT molecular complexity index is 410. The van der Waals surface area contributed by atoms with Crippen molar-refractivity contribution in [2.75, 3.05) is 19.6 Å². The first-order chi connectivity index (χ1) is 9.76. The van der Waals surface area contributed by atoms with Crippen LogP contribution in [0.25, 0.3) is 0 Å². The molecule has 1 aliphatic heterocycles. The average Bonchev–Trinajstić information content (AvgIpc) is 2.89. The van der Waals surface area contributed by atoms with E-state index in [-0.39, 0.29) is 0 Å². The predicted molar refractivity (Wildman–Crippen MR) is 85.1 cm³/mol. The smallest absolute Gasteiger partial charge is 0.0151 e. The summed E-state index contributed by atoms with van der Waals surface area (Å²) in [6.45, 7) is 8.47. The molecule has 1 aromatic rings. The van der Waals surface area contributed by atoms with Gasteiger partial charge in [0.25, 0.3) is 0 Å². The van der Waals surface area contributed by atoms with Gasteiger partial charge in [-0.3, -0.25) is 0 Å². The molecular formula is C18H28N2. The standard InChI is InChI=1S/C18H28N2/c1-3-20-10-8-15(9-11-20)14(2)19-18-12-16-6-4-5-7-17(16)13-18/h4-7,14-15,18-19H,3,8-13H2,1-2H3. The van der Waals surface area contributed by atoms with Gasteiger partial charge >= 0.3 is 0 Å². The van der Waals surface area contributed by atoms with E-state index >= 15 is 0 Å². The number of nitrogens with one attached hydrogen (secondary N) is 1. The summed E-state index contributed by atoms with van der Waals surface area (Å²) in [5.74, 6) is 0.863. The van der Waals surface area contributed by atoms with Crippen LogP contribution in [0.1, 0.15) is 37.8 Å². The Balaban J connectivity index is 1.50. The fourth-order valence-electron chi connectivity index (χ4n) is 3.95. The van der Waals surface area contributed by atoms with E-state index in [1.54, 1.807) is 11.1 Å². The van der Waals surface area contributed by atoms with Gasteiger partial charge in [-0.25, -0.2) is 0 Å². The monoisotopic (exact) mass is 272 g/mol. The second-order valence-corrected chi connectivity index (χ2v) is 6.60. The van der Waals surface area contributed by atoms with Crippen LogP contribution in [0, 0.1) is 5.92 Å². The molecule has 1 N–H and O–H groups in total. The molecule has 1 fully saturated rings. The first kappa shape index (κ1) is 14.1. The highest BCUT2D eigenvalue weighted by atomic mass is 15.1. The number of hydrogen-bond acceptors (Lipinski definition) is 2. The van der Waals surface area contributed by atoms with E-state index in [0.29, 0.717) is 12.1 Å². The number of nitrogens with zero attached hydrogens (tertiary/aromatic N) is 1. The first-order valence-electron chi connectivity index (χ1n) is 8.31. The summed E-state index contributed by atoms with van der Waals surface area (Å²) in [4.78, 5) is 2.58. The highest BCUT2D eigenvalue weighted by Gasteiger charge is 2.27. The van der Waals surface area contributed by atoms with Crippen LogP contribution in [0.3, 0.4) is 0 Å². The van der Waals surface area contributed by atoms with E-state index in [0.717, 1.165) is 5.92 Å². The fourth-order valence-corrected chi connectivity index (χ4v) is 3.95. The summed E-state index contributed by atoms with van der Waals surface area (Å²) >= 11 is 0. The van der Waals surface area contributed by atoms with Crippen molar-refractivity contribution in [3.8, 4) is 0 Å². The minimum absolute atomic E-state index is 0.659. The Kier molecular flexibility index (Phi) is 4.42. The van der Waals surface area contributed by atoms with Crippen LogP contribution >= 0.6 is 0 Å². The largest absolute Gasteiger partial charge is 0.311 e. The fraction of sp³-hybridized carbons (Fsp3) is 0.667. The third-order valence-electron chi connectivity index (χ3n) is 5.34. The SMILES string of the molecule is CCN1CCC(C(C)NC2Cc3ccccc3C2)CC1. The van der Waals surface area contributed by atoms with E-state index in [1.165, 1.54) is 45.3 Å². The van der Waals surface area contributed by atoms with Crippen LogP contribution in [0.2, 0.25) is 0 Å². The maximum absolute atomic E-state index is 3.91. The summed E-state index contributed by atoms with van der Waals surface area (Å²) in [6, 6.07) is 10.2. The third kappa shape index (κ3) is 3.07. The van der Waals surface area contributed by atoms with Crippen LogP contribution in [-0.4, -0.2) is 36.6 Å². The summed E-state index contributed by atoms with van der Waals surface area (Å²) in [7, 11) is 0. The Morgan fingerprint density at radius 3 is 2.30 bits per heavy atom. The minimum atomic E-state index is 0.659. The van der Waals surface area contributed by atoms with Crippen molar-refractivity contribution in [3.05, 3.63) is 35.4 Å². The number of hydrogen-bond donors (Lipinski definition) is 1. The molecule has 1 aliphatic carbocycles. The molecule has 1 saturated heterocycles. The van der Waals surface area contributed by atoms with Crippen LogP contribution in [0.15, 0.2) is 24.3 Å². The zero-order valence-electron chi connectivity index (χ0n) is 12.9. The molecule has 1 atom stereocenters. The van der Waals surface area contributed by atoms with Gasteiger partial charge in [0.15, 0.2) is 0 Å². The lowest BCUT2D eigenvalue weighted by molar-refractivity contribution is 0.164. The summed E-state index contributed by atoms with van der Waals surface area (Å²) < 4.78 is 0. The van der Waals surface area contributed by atoms with E-state index < -0.39 is 0 Å². The average molecular weight is 272 g/mol.